The van der Waals surface area contributed by atoms with Crippen molar-refractivity contribution in [3.8, 4) is 0 Å². The molecule has 0 aromatic heterocycles. The molecule has 27 heavy (non-hydrogen) atoms. The van der Waals surface area contributed by atoms with E-state index in [1.165, 1.54) is 17.7 Å². The van der Waals surface area contributed by atoms with Gasteiger partial charge >= 0.3 is 6.03 Å². The molecule has 2 amide bonds. The Balaban J connectivity index is 1.62. The monoisotopic (exact) mass is 369 g/mol. The maximum absolute atomic E-state index is 13.4. The molecule has 142 valence electrons. The lowest BCUT2D eigenvalue weighted by molar-refractivity contribution is 0.127. The van der Waals surface area contributed by atoms with E-state index in [0.717, 1.165) is 24.1 Å². The fourth-order valence-corrected chi connectivity index (χ4v) is 3.85. The standard InChI is InChI=1S/C21H24FN3O2/c22-17-7-5-16(6-8-17)20-19-4-2-1-3-15(19)9-11-25(20)21(26)24-18-13-23-10-12-27-14-18/h1-8,18,20,23H,9-14H2,(H,24,26)/t18-,20+/m0/s1. The van der Waals surface area contributed by atoms with Crippen LogP contribution in [0.15, 0.2) is 48.5 Å². The highest BCUT2D eigenvalue weighted by Crippen LogP contribution is 2.35. The number of rotatable bonds is 2. The summed E-state index contributed by atoms with van der Waals surface area (Å²) in [5.41, 5.74) is 3.24. The minimum atomic E-state index is -0.277. The van der Waals surface area contributed by atoms with Crippen LogP contribution in [0.2, 0.25) is 0 Å². The minimum Gasteiger partial charge on any atom is -0.378 e. The van der Waals surface area contributed by atoms with E-state index in [2.05, 4.69) is 22.8 Å². The number of hydrogen-bond donors (Lipinski definition) is 2. The van der Waals surface area contributed by atoms with Crippen molar-refractivity contribution < 1.29 is 13.9 Å². The molecule has 2 aliphatic rings. The number of benzene rings is 2. The third-order valence-electron chi connectivity index (χ3n) is 5.19. The summed E-state index contributed by atoms with van der Waals surface area (Å²) < 4.78 is 19.0. The zero-order valence-electron chi connectivity index (χ0n) is 15.2. The van der Waals surface area contributed by atoms with Gasteiger partial charge in [-0.3, -0.25) is 0 Å². The van der Waals surface area contributed by atoms with Crippen molar-refractivity contribution in [1.82, 2.24) is 15.5 Å². The number of fused-ring (bicyclic) bond motifs is 1. The number of amides is 2. The van der Waals surface area contributed by atoms with Crippen LogP contribution in [0, 0.1) is 5.82 Å². The molecule has 1 fully saturated rings. The van der Waals surface area contributed by atoms with Gasteiger partial charge in [-0.05, 0) is 35.2 Å². The van der Waals surface area contributed by atoms with Crippen LogP contribution in [-0.4, -0.2) is 49.8 Å². The van der Waals surface area contributed by atoms with Crippen molar-refractivity contribution in [3.05, 3.63) is 71.0 Å². The number of carbonyl (C=O) groups is 1. The molecule has 0 unspecified atom stereocenters. The summed E-state index contributed by atoms with van der Waals surface area (Å²) in [6.45, 7) is 3.26. The van der Waals surface area contributed by atoms with Crippen molar-refractivity contribution in [1.29, 1.82) is 0 Å². The molecule has 6 heteroatoms. The van der Waals surface area contributed by atoms with Gasteiger partial charge in [-0.15, -0.1) is 0 Å². The van der Waals surface area contributed by atoms with E-state index >= 15 is 0 Å². The topological polar surface area (TPSA) is 53.6 Å². The van der Waals surface area contributed by atoms with Crippen LogP contribution in [0.1, 0.15) is 22.7 Å². The lowest BCUT2D eigenvalue weighted by Gasteiger charge is -2.38. The third-order valence-corrected chi connectivity index (χ3v) is 5.19. The lowest BCUT2D eigenvalue weighted by Crippen LogP contribution is -2.52. The molecule has 2 atom stereocenters. The molecule has 2 aromatic carbocycles. The molecule has 2 heterocycles. The first-order valence-electron chi connectivity index (χ1n) is 9.41. The van der Waals surface area contributed by atoms with Gasteiger partial charge in [0.2, 0.25) is 0 Å². The molecule has 1 saturated heterocycles. The highest BCUT2D eigenvalue weighted by atomic mass is 19.1. The smallest absolute Gasteiger partial charge is 0.318 e. The number of nitrogens with one attached hydrogen (secondary N) is 2. The predicted molar refractivity (Wildman–Crippen MR) is 101 cm³/mol. The largest absolute Gasteiger partial charge is 0.378 e. The minimum absolute atomic E-state index is 0.0639. The summed E-state index contributed by atoms with van der Waals surface area (Å²) in [4.78, 5) is 14.9. The number of carbonyl (C=O) groups excluding carboxylic acids is 1. The predicted octanol–water partition coefficient (Wildman–Crippen LogP) is 2.47. The molecule has 0 bridgehead atoms. The lowest BCUT2D eigenvalue weighted by atomic mass is 9.88. The van der Waals surface area contributed by atoms with Crippen LogP contribution in [0.4, 0.5) is 9.18 Å². The molecule has 0 saturated carbocycles. The Kier molecular flexibility index (Phi) is 5.36. The summed E-state index contributed by atoms with van der Waals surface area (Å²) in [6, 6.07) is 14.2. The van der Waals surface area contributed by atoms with E-state index in [0.29, 0.717) is 26.3 Å². The molecular formula is C21H24FN3O2. The summed E-state index contributed by atoms with van der Waals surface area (Å²) in [5.74, 6) is -0.277. The van der Waals surface area contributed by atoms with E-state index in [4.69, 9.17) is 4.74 Å². The Morgan fingerprint density at radius 2 is 2.00 bits per heavy atom. The Morgan fingerprint density at radius 3 is 2.85 bits per heavy atom. The quantitative estimate of drug-likeness (QED) is 0.855. The van der Waals surface area contributed by atoms with Crippen LogP contribution in [0.5, 0.6) is 0 Å². The van der Waals surface area contributed by atoms with Gasteiger partial charge in [0.05, 0.1) is 25.3 Å². The summed E-state index contributed by atoms with van der Waals surface area (Å²) in [5, 5.41) is 6.37. The maximum atomic E-state index is 13.4. The van der Waals surface area contributed by atoms with Crippen LogP contribution in [-0.2, 0) is 11.2 Å². The number of urea groups is 1. The van der Waals surface area contributed by atoms with Gasteiger partial charge in [0.1, 0.15) is 5.82 Å². The third kappa shape index (κ3) is 3.96. The zero-order chi connectivity index (χ0) is 18.6. The number of nitrogens with zero attached hydrogens (tertiary/aromatic N) is 1. The Labute approximate surface area is 158 Å². The first-order chi connectivity index (χ1) is 13.2. The summed E-state index contributed by atoms with van der Waals surface area (Å²) in [7, 11) is 0. The van der Waals surface area contributed by atoms with E-state index in [1.54, 1.807) is 12.1 Å². The van der Waals surface area contributed by atoms with Crippen LogP contribution >= 0.6 is 0 Å². The molecule has 5 nitrogen and oxygen atoms in total. The van der Waals surface area contributed by atoms with Crippen molar-refractivity contribution in [3.63, 3.8) is 0 Å². The van der Waals surface area contributed by atoms with Gasteiger partial charge in [-0.25, -0.2) is 9.18 Å². The molecule has 0 radical (unpaired) electrons. The summed E-state index contributed by atoms with van der Waals surface area (Å²) >= 11 is 0. The van der Waals surface area contributed by atoms with Gasteiger partial charge in [0.15, 0.2) is 0 Å². The Hall–Kier alpha value is -2.44. The van der Waals surface area contributed by atoms with Crippen LogP contribution in [0.25, 0.3) is 0 Å². The highest BCUT2D eigenvalue weighted by molar-refractivity contribution is 5.76. The maximum Gasteiger partial charge on any atom is 0.318 e. The fraction of sp³-hybridized carbons (Fsp3) is 0.381. The van der Waals surface area contributed by atoms with Gasteiger partial charge in [0.25, 0.3) is 0 Å². The Morgan fingerprint density at radius 1 is 1.19 bits per heavy atom. The number of ether oxygens (including phenoxy) is 1. The van der Waals surface area contributed by atoms with E-state index in [1.807, 2.05) is 17.0 Å². The first-order valence-corrected chi connectivity index (χ1v) is 9.41. The van der Waals surface area contributed by atoms with Crippen molar-refractivity contribution in [2.45, 2.75) is 18.5 Å². The Bertz CT molecular complexity index is 788. The van der Waals surface area contributed by atoms with Crippen molar-refractivity contribution in [2.75, 3.05) is 32.8 Å². The zero-order valence-corrected chi connectivity index (χ0v) is 15.2. The van der Waals surface area contributed by atoms with E-state index in [9.17, 15) is 9.18 Å². The molecular weight excluding hydrogens is 345 g/mol. The van der Waals surface area contributed by atoms with Crippen molar-refractivity contribution >= 4 is 6.03 Å². The molecule has 0 spiro atoms. The van der Waals surface area contributed by atoms with Crippen molar-refractivity contribution in [2.24, 2.45) is 0 Å². The van der Waals surface area contributed by atoms with Gasteiger partial charge in [-0.2, -0.15) is 0 Å². The second-order valence-corrected chi connectivity index (χ2v) is 7.02. The first kappa shape index (κ1) is 17.9. The fourth-order valence-electron chi connectivity index (χ4n) is 3.85. The number of halogens is 1. The molecule has 0 aliphatic carbocycles. The molecule has 4 rings (SSSR count). The second-order valence-electron chi connectivity index (χ2n) is 7.02. The van der Waals surface area contributed by atoms with Crippen LogP contribution in [0.3, 0.4) is 0 Å². The molecule has 2 aliphatic heterocycles. The molecule has 2 aromatic rings. The molecule has 2 N–H and O–H groups in total. The van der Waals surface area contributed by atoms with Gasteiger partial charge < -0.3 is 20.3 Å². The van der Waals surface area contributed by atoms with Gasteiger partial charge in [-0.1, -0.05) is 36.4 Å². The SMILES string of the molecule is O=C(N[C@H]1CNCCOC1)N1CCc2ccccc2[C@H]1c1ccc(F)cc1. The average Bonchev–Trinajstić information content (AvgIpc) is 2.96. The summed E-state index contributed by atoms with van der Waals surface area (Å²) in [6.07, 6.45) is 0.806. The van der Waals surface area contributed by atoms with Gasteiger partial charge in [0, 0.05) is 19.6 Å². The average molecular weight is 369 g/mol. The van der Waals surface area contributed by atoms with E-state index < -0.39 is 0 Å². The van der Waals surface area contributed by atoms with E-state index in [-0.39, 0.29) is 23.9 Å². The van der Waals surface area contributed by atoms with Crippen LogP contribution < -0.4 is 10.6 Å². The highest BCUT2D eigenvalue weighted by Gasteiger charge is 2.32. The second kappa shape index (κ2) is 8.06. The normalized spacial score (nSPS) is 22.6. The number of hydrogen-bond acceptors (Lipinski definition) is 3.